The van der Waals surface area contributed by atoms with Gasteiger partial charge in [-0.25, -0.2) is 0 Å². The third-order valence-electron chi connectivity index (χ3n) is 3.98. The van der Waals surface area contributed by atoms with Crippen molar-refractivity contribution < 1.29 is 4.79 Å². The van der Waals surface area contributed by atoms with Crippen LogP contribution in [0.3, 0.4) is 0 Å². The second kappa shape index (κ2) is 6.90. The molecule has 0 bridgehead atoms. The summed E-state index contributed by atoms with van der Waals surface area (Å²) in [6.07, 6.45) is 1.66. The molecule has 0 radical (unpaired) electrons. The van der Waals surface area contributed by atoms with Crippen LogP contribution in [0.4, 0.5) is 5.82 Å². The molecule has 0 unspecified atom stereocenters. The summed E-state index contributed by atoms with van der Waals surface area (Å²) in [5.41, 5.74) is 2.88. The summed E-state index contributed by atoms with van der Waals surface area (Å²) in [4.78, 5) is 12.5. The lowest BCUT2D eigenvalue weighted by Gasteiger charge is -2.05. The lowest BCUT2D eigenvalue weighted by molar-refractivity contribution is 0.102. The summed E-state index contributed by atoms with van der Waals surface area (Å²) >= 11 is 12.4. The van der Waals surface area contributed by atoms with Gasteiger partial charge in [0.2, 0.25) is 0 Å². The predicted octanol–water partition coefficient (Wildman–Crippen LogP) is 3.84. The van der Waals surface area contributed by atoms with E-state index in [0.717, 1.165) is 11.3 Å². The molecule has 0 spiro atoms. The number of amides is 1. The van der Waals surface area contributed by atoms with Crippen molar-refractivity contribution in [1.29, 1.82) is 0 Å². The van der Waals surface area contributed by atoms with E-state index in [0.29, 0.717) is 33.7 Å². The van der Waals surface area contributed by atoms with Crippen LogP contribution in [0.2, 0.25) is 10.0 Å². The lowest BCUT2D eigenvalue weighted by atomic mass is 10.2. The van der Waals surface area contributed by atoms with Crippen LogP contribution < -0.4 is 5.32 Å². The molecule has 0 saturated carbocycles. The number of benzene rings is 1. The van der Waals surface area contributed by atoms with Crippen molar-refractivity contribution in [3.63, 3.8) is 0 Å². The SMILES string of the molecule is Cc1nn(C)c(C)c1C(=O)Nc1nn(Cc2ccccc2Cl)cc1Cl. The maximum Gasteiger partial charge on any atom is 0.260 e. The molecule has 130 valence electrons. The third-order valence-corrected chi connectivity index (χ3v) is 4.62. The highest BCUT2D eigenvalue weighted by Crippen LogP contribution is 2.23. The molecule has 1 amide bonds. The van der Waals surface area contributed by atoms with E-state index in [9.17, 15) is 4.79 Å². The zero-order valence-corrected chi connectivity index (χ0v) is 15.6. The molecule has 0 fully saturated rings. The first-order valence-corrected chi connectivity index (χ1v) is 8.40. The first-order valence-electron chi connectivity index (χ1n) is 7.64. The molecule has 8 heteroatoms. The van der Waals surface area contributed by atoms with Crippen LogP contribution in [0.1, 0.15) is 27.3 Å². The van der Waals surface area contributed by atoms with Gasteiger partial charge in [0.15, 0.2) is 5.82 Å². The van der Waals surface area contributed by atoms with E-state index in [-0.39, 0.29) is 5.91 Å². The Labute approximate surface area is 155 Å². The van der Waals surface area contributed by atoms with Crippen LogP contribution in [-0.2, 0) is 13.6 Å². The van der Waals surface area contributed by atoms with Crippen molar-refractivity contribution in [3.8, 4) is 0 Å². The summed E-state index contributed by atoms with van der Waals surface area (Å²) in [5, 5.41) is 12.4. The zero-order valence-electron chi connectivity index (χ0n) is 14.0. The van der Waals surface area contributed by atoms with Crippen LogP contribution in [0, 0.1) is 13.8 Å². The predicted molar refractivity (Wildman–Crippen MR) is 98.4 cm³/mol. The van der Waals surface area contributed by atoms with Crippen LogP contribution in [0.15, 0.2) is 30.5 Å². The van der Waals surface area contributed by atoms with Gasteiger partial charge in [-0.05, 0) is 25.5 Å². The highest BCUT2D eigenvalue weighted by Gasteiger charge is 2.19. The maximum absolute atomic E-state index is 12.5. The number of rotatable bonds is 4. The largest absolute Gasteiger partial charge is 0.304 e. The molecule has 2 heterocycles. The second-order valence-electron chi connectivity index (χ2n) is 5.74. The molecular formula is C17H17Cl2N5O. The monoisotopic (exact) mass is 377 g/mol. The summed E-state index contributed by atoms with van der Waals surface area (Å²) < 4.78 is 3.31. The van der Waals surface area contributed by atoms with Crippen LogP contribution >= 0.6 is 23.2 Å². The van der Waals surface area contributed by atoms with Gasteiger partial charge in [0.1, 0.15) is 5.02 Å². The Kier molecular flexibility index (Phi) is 4.83. The van der Waals surface area contributed by atoms with Crippen molar-refractivity contribution in [1.82, 2.24) is 19.6 Å². The average molecular weight is 378 g/mol. The van der Waals surface area contributed by atoms with E-state index < -0.39 is 0 Å². The Morgan fingerprint density at radius 3 is 2.52 bits per heavy atom. The topological polar surface area (TPSA) is 64.7 Å². The number of halogens is 2. The van der Waals surface area contributed by atoms with E-state index in [1.165, 1.54) is 0 Å². The van der Waals surface area contributed by atoms with Crippen molar-refractivity contribution in [2.24, 2.45) is 7.05 Å². The molecule has 6 nitrogen and oxygen atoms in total. The number of nitrogens with one attached hydrogen (secondary N) is 1. The number of carbonyl (C=O) groups excluding carboxylic acids is 1. The van der Waals surface area contributed by atoms with Crippen molar-refractivity contribution in [2.75, 3.05) is 5.32 Å². The molecule has 0 atom stereocenters. The lowest BCUT2D eigenvalue weighted by Crippen LogP contribution is -2.15. The van der Waals surface area contributed by atoms with E-state index in [1.54, 1.807) is 29.5 Å². The van der Waals surface area contributed by atoms with Crippen molar-refractivity contribution in [2.45, 2.75) is 20.4 Å². The highest BCUT2D eigenvalue weighted by atomic mass is 35.5. The van der Waals surface area contributed by atoms with E-state index >= 15 is 0 Å². The molecule has 3 rings (SSSR count). The third kappa shape index (κ3) is 3.55. The van der Waals surface area contributed by atoms with Gasteiger partial charge in [-0.3, -0.25) is 14.2 Å². The van der Waals surface area contributed by atoms with Gasteiger partial charge < -0.3 is 5.32 Å². The number of aromatic nitrogens is 4. The molecule has 2 aromatic heterocycles. The molecular weight excluding hydrogens is 361 g/mol. The number of nitrogens with zero attached hydrogens (tertiary/aromatic N) is 4. The van der Waals surface area contributed by atoms with Gasteiger partial charge in [0.05, 0.1) is 17.8 Å². The molecule has 1 N–H and O–H groups in total. The van der Waals surface area contributed by atoms with E-state index in [2.05, 4.69) is 15.5 Å². The van der Waals surface area contributed by atoms with Crippen LogP contribution in [-0.4, -0.2) is 25.5 Å². The fourth-order valence-corrected chi connectivity index (χ4v) is 3.03. The zero-order chi connectivity index (χ0) is 18.1. The standard InChI is InChI=1S/C17H17Cl2N5O/c1-10-15(11(2)23(3)21-10)17(25)20-16-14(19)9-24(22-16)8-12-6-4-5-7-13(12)18/h4-7,9H,8H2,1-3H3,(H,20,22,25). The van der Waals surface area contributed by atoms with Gasteiger partial charge in [-0.2, -0.15) is 10.2 Å². The van der Waals surface area contributed by atoms with Crippen molar-refractivity contribution >= 4 is 34.9 Å². The summed E-state index contributed by atoms with van der Waals surface area (Å²) in [7, 11) is 1.80. The first kappa shape index (κ1) is 17.5. The quantitative estimate of drug-likeness (QED) is 0.750. The number of hydrogen-bond donors (Lipinski definition) is 1. The maximum atomic E-state index is 12.5. The second-order valence-corrected chi connectivity index (χ2v) is 6.55. The minimum absolute atomic E-state index is 0.284. The highest BCUT2D eigenvalue weighted by molar-refractivity contribution is 6.33. The first-order chi connectivity index (χ1) is 11.9. The molecule has 3 aromatic rings. The Bertz CT molecular complexity index is 945. The molecule has 0 saturated heterocycles. The van der Waals surface area contributed by atoms with Crippen LogP contribution in [0.25, 0.3) is 0 Å². The van der Waals surface area contributed by atoms with Gasteiger partial charge in [-0.1, -0.05) is 41.4 Å². The van der Waals surface area contributed by atoms with Gasteiger partial charge in [-0.15, -0.1) is 0 Å². The van der Waals surface area contributed by atoms with Crippen LogP contribution in [0.5, 0.6) is 0 Å². The summed E-state index contributed by atoms with van der Waals surface area (Å²) in [5.74, 6) is 0.0226. The average Bonchev–Trinajstić information content (AvgIpc) is 3.01. The van der Waals surface area contributed by atoms with E-state index in [1.807, 2.05) is 31.2 Å². The smallest absolute Gasteiger partial charge is 0.260 e. The number of carbonyl (C=O) groups is 1. The molecule has 0 aliphatic carbocycles. The molecule has 0 aliphatic rings. The molecule has 1 aromatic carbocycles. The minimum Gasteiger partial charge on any atom is -0.304 e. The minimum atomic E-state index is -0.284. The molecule has 25 heavy (non-hydrogen) atoms. The number of hydrogen-bond acceptors (Lipinski definition) is 3. The Hall–Kier alpha value is -2.31. The Balaban J connectivity index is 1.81. The summed E-state index contributed by atoms with van der Waals surface area (Å²) in [6, 6.07) is 7.51. The van der Waals surface area contributed by atoms with Gasteiger partial charge >= 0.3 is 0 Å². The molecule has 0 aliphatic heterocycles. The number of anilines is 1. The fraction of sp³-hybridized carbons (Fsp3) is 0.235. The van der Waals surface area contributed by atoms with Gasteiger partial charge in [0.25, 0.3) is 5.91 Å². The normalized spacial score (nSPS) is 10.9. The number of aryl methyl sites for hydroxylation is 2. The van der Waals surface area contributed by atoms with Crippen molar-refractivity contribution in [3.05, 3.63) is 63.0 Å². The Morgan fingerprint density at radius 1 is 1.16 bits per heavy atom. The van der Waals surface area contributed by atoms with E-state index in [4.69, 9.17) is 23.2 Å². The van der Waals surface area contributed by atoms with Gasteiger partial charge in [0, 0.05) is 24.0 Å². The fourth-order valence-electron chi connectivity index (χ4n) is 2.64. The summed E-state index contributed by atoms with van der Waals surface area (Å²) in [6.45, 7) is 4.09. The Morgan fingerprint density at radius 2 is 1.88 bits per heavy atom.